The molecule has 1 fully saturated rings. The molecule has 4 heterocycles. The van der Waals surface area contributed by atoms with Gasteiger partial charge in [0.25, 0.3) is 5.91 Å². The smallest absolute Gasteiger partial charge is 0.417 e. The van der Waals surface area contributed by atoms with Crippen LogP contribution in [0.3, 0.4) is 0 Å². The quantitative estimate of drug-likeness (QED) is 0.684. The SMILES string of the molecule is CN1CCN(C(=O)c2cnc3c(-c4cnco4)cc(C(F)(F)F)cn23)CC1. The maximum atomic E-state index is 13.4. The van der Waals surface area contributed by atoms with Gasteiger partial charge in [-0.15, -0.1) is 0 Å². The fourth-order valence-corrected chi connectivity index (χ4v) is 3.10. The van der Waals surface area contributed by atoms with E-state index in [-0.39, 0.29) is 28.6 Å². The lowest BCUT2D eigenvalue weighted by atomic mass is 10.1. The van der Waals surface area contributed by atoms with E-state index in [1.165, 1.54) is 16.8 Å². The molecule has 1 aliphatic heterocycles. The number of halogens is 3. The summed E-state index contributed by atoms with van der Waals surface area (Å²) in [4.78, 5) is 24.5. The van der Waals surface area contributed by atoms with Crippen LogP contribution in [0.5, 0.6) is 0 Å². The Morgan fingerprint density at radius 1 is 1.19 bits per heavy atom. The molecule has 142 valence electrons. The van der Waals surface area contributed by atoms with Crippen LogP contribution in [0.25, 0.3) is 17.0 Å². The van der Waals surface area contributed by atoms with Gasteiger partial charge in [-0.3, -0.25) is 9.20 Å². The summed E-state index contributed by atoms with van der Waals surface area (Å²) in [6.45, 7) is 2.44. The molecule has 0 spiro atoms. The number of hydrogen-bond acceptors (Lipinski definition) is 5. The maximum absolute atomic E-state index is 13.4. The largest absolute Gasteiger partial charge is 0.443 e. The summed E-state index contributed by atoms with van der Waals surface area (Å²) in [6, 6.07) is 0.951. The fraction of sp³-hybridized carbons (Fsp3) is 0.353. The van der Waals surface area contributed by atoms with Gasteiger partial charge in [0.15, 0.2) is 12.2 Å². The first-order valence-corrected chi connectivity index (χ1v) is 8.29. The Balaban J connectivity index is 1.83. The minimum Gasteiger partial charge on any atom is -0.443 e. The molecule has 0 aliphatic carbocycles. The first kappa shape index (κ1) is 17.5. The van der Waals surface area contributed by atoms with Crippen molar-refractivity contribution in [3.63, 3.8) is 0 Å². The van der Waals surface area contributed by atoms with E-state index in [9.17, 15) is 18.0 Å². The molecule has 3 aromatic heterocycles. The van der Waals surface area contributed by atoms with Gasteiger partial charge in [0.05, 0.1) is 23.5 Å². The summed E-state index contributed by atoms with van der Waals surface area (Å²) in [5.74, 6) is -0.200. The Bertz CT molecular complexity index is 973. The summed E-state index contributed by atoms with van der Waals surface area (Å²) in [7, 11) is 1.95. The summed E-state index contributed by atoms with van der Waals surface area (Å²) in [5, 5.41) is 0. The Morgan fingerprint density at radius 3 is 2.56 bits per heavy atom. The van der Waals surface area contributed by atoms with Crippen LogP contribution < -0.4 is 0 Å². The second-order valence-electron chi connectivity index (χ2n) is 6.44. The summed E-state index contributed by atoms with van der Waals surface area (Å²) in [5.41, 5.74) is -0.481. The molecule has 0 radical (unpaired) electrons. The van der Waals surface area contributed by atoms with Crippen molar-refractivity contribution < 1.29 is 22.4 Å². The number of amides is 1. The zero-order valence-electron chi connectivity index (χ0n) is 14.4. The van der Waals surface area contributed by atoms with Crippen LogP contribution in [0, 0.1) is 0 Å². The van der Waals surface area contributed by atoms with Crippen LogP contribution in [0.1, 0.15) is 16.1 Å². The molecule has 7 nitrogen and oxygen atoms in total. The van der Waals surface area contributed by atoms with E-state index in [2.05, 4.69) is 14.9 Å². The number of imidazole rings is 1. The van der Waals surface area contributed by atoms with Crippen LogP contribution in [0.2, 0.25) is 0 Å². The Morgan fingerprint density at radius 2 is 1.93 bits per heavy atom. The summed E-state index contributed by atoms with van der Waals surface area (Å²) in [6.07, 6.45) is 0.0559. The third kappa shape index (κ3) is 3.16. The molecule has 0 aromatic carbocycles. The second-order valence-corrected chi connectivity index (χ2v) is 6.44. The predicted molar refractivity (Wildman–Crippen MR) is 89.1 cm³/mol. The molecule has 1 saturated heterocycles. The van der Waals surface area contributed by atoms with E-state index in [0.29, 0.717) is 26.2 Å². The van der Waals surface area contributed by atoms with Crippen LogP contribution >= 0.6 is 0 Å². The van der Waals surface area contributed by atoms with Crippen LogP contribution in [0.15, 0.2) is 35.5 Å². The molecule has 0 saturated carbocycles. The van der Waals surface area contributed by atoms with Gasteiger partial charge >= 0.3 is 6.18 Å². The molecule has 0 unspecified atom stereocenters. The van der Waals surface area contributed by atoms with Gasteiger partial charge in [0.1, 0.15) is 11.3 Å². The van der Waals surface area contributed by atoms with E-state index < -0.39 is 11.7 Å². The lowest BCUT2D eigenvalue weighted by molar-refractivity contribution is -0.137. The molecular weight excluding hydrogens is 363 g/mol. The highest BCUT2D eigenvalue weighted by atomic mass is 19.4. The number of carbonyl (C=O) groups excluding carboxylic acids is 1. The average Bonchev–Trinajstić information content (AvgIpc) is 3.30. The second kappa shape index (κ2) is 6.38. The van der Waals surface area contributed by atoms with Crippen molar-refractivity contribution in [2.75, 3.05) is 33.2 Å². The standard InChI is InChI=1S/C17H16F3N5O2/c1-23-2-4-24(5-3-23)16(26)13-7-22-15-12(14-8-21-10-27-14)6-11(9-25(13)15)17(18,19)20/h6-10H,2-5H2,1H3. The topological polar surface area (TPSA) is 66.9 Å². The number of likely N-dealkylation sites (N-methyl/N-ethyl adjacent to an activating group) is 1. The summed E-state index contributed by atoms with van der Waals surface area (Å²) >= 11 is 0. The van der Waals surface area contributed by atoms with Crippen LogP contribution in [-0.2, 0) is 6.18 Å². The maximum Gasteiger partial charge on any atom is 0.417 e. The molecule has 3 aromatic rings. The van der Waals surface area contributed by atoms with Gasteiger partial charge < -0.3 is 14.2 Å². The van der Waals surface area contributed by atoms with Crippen molar-refractivity contribution >= 4 is 11.6 Å². The van der Waals surface area contributed by atoms with Gasteiger partial charge in [-0.2, -0.15) is 13.2 Å². The number of piperazine rings is 1. The van der Waals surface area contributed by atoms with Gasteiger partial charge in [0.2, 0.25) is 0 Å². The molecular formula is C17H16F3N5O2. The molecule has 1 aliphatic rings. The molecule has 10 heteroatoms. The van der Waals surface area contributed by atoms with Crippen molar-refractivity contribution in [3.05, 3.63) is 42.3 Å². The van der Waals surface area contributed by atoms with Crippen molar-refractivity contribution in [3.8, 4) is 11.3 Å². The minimum absolute atomic E-state index is 0.0846. The van der Waals surface area contributed by atoms with E-state index in [1.807, 2.05) is 7.05 Å². The third-order valence-electron chi connectivity index (χ3n) is 4.64. The van der Waals surface area contributed by atoms with Gasteiger partial charge in [-0.25, -0.2) is 9.97 Å². The van der Waals surface area contributed by atoms with Crippen molar-refractivity contribution in [2.45, 2.75) is 6.18 Å². The number of fused-ring (bicyclic) bond motifs is 1. The van der Waals surface area contributed by atoms with Crippen molar-refractivity contribution in [1.29, 1.82) is 0 Å². The molecule has 0 bridgehead atoms. The van der Waals surface area contributed by atoms with Gasteiger partial charge in [0, 0.05) is 32.4 Å². The number of pyridine rings is 1. The molecule has 1 amide bonds. The van der Waals surface area contributed by atoms with Gasteiger partial charge in [-0.1, -0.05) is 0 Å². The number of nitrogens with zero attached hydrogens (tertiary/aromatic N) is 5. The molecule has 27 heavy (non-hydrogen) atoms. The highest BCUT2D eigenvalue weighted by Crippen LogP contribution is 2.34. The van der Waals surface area contributed by atoms with E-state index >= 15 is 0 Å². The van der Waals surface area contributed by atoms with Crippen LogP contribution in [-0.4, -0.2) is 63.3 Å². The lowest BCUT2D eigenvalue weighted by Crippen LogP contribution is -2.47. The van der Waals surface area contributed by atoms with Gasteiger partial charge in [-0.05, 0) is 13.1 Å². The highest BCUT2D eigenvalue weighted by Gasteiger charge is 2.33. The zero-order chi connectivity index (χ0) is 19.2. The van der Waals surface area contributed by atoms with Crippen molar-refractivity contribution in [2.24, 2.45) is 0 Å². The first-order valence-electron chi connectivity index (χ1n) is 8.29. The molecule has 0 N–H and O–H groups in total. The molecule has 4 rings (SSSR count). The minimum atomic E-state index is -4.58. The Labute approximate surface area is 152 Å². The number of aromatic nitrogens is 3. The lowest BCUT2D eigenvalue weighted by Gasteiger charge is -2.32. The van der Waals surface area contributed by atoms with Crippen LogP contribution in [0.4, 0.5) is 13.2 Å². The van der Waals surface area contributed by atoms with E-state index in [0.717, 1.165) is 18.7 Å². The monoisotopic (exact) mass is 379 g/mol. The number of hydrogen-bond donors (Lipinski definition) is 0. The van der Waals surface area contributed by atoms with E-state index in [1.54, 1.807) is 4.90 Å². The first-order chi connectivity index (χ1) is 12.8. The zero-order valence-corrected chi connectivity index (χ0v) is 14.4. The van der Waals surface area contributed by atoms with Crippen molar-refractivity contribution in [1.82, 2.24) is 24.2 Å². The number of rotatable bonds is 2. The number of alkyl halides is 3. The highest BCUT2D eigenvalue weighted by molar-refractivity contribution is 5.94. The number of oxazole rings is 1. The third-order valence-corrected chi connectivity index (χ3v) is 4.64. The van der Waals surface area contributed by atoms with E-state index in [4.69, 9.17) is 4.42 Å². The fourth-order valence-electron chi connectivity index (χ4n) is 3.10. The Kier molecular flexibility index (Phi) is 4.14. The number of carbonyl (C=O) groups is 1. The predicted octanol–water partition coefficient (Wildman–Crippen LogP) is 2.40. The average molecular weight is 379 g/mol. The summed E-state index contributed by atoms with van der Waals surface area (Å²) < 4.78 is 46.5. The molecule has 0 atom stereocenters. The normalized spacial score (nSPS) is 16.2. The Hall–Kier alpha value is -2.88.